The molecule has 1 heterocycles. The van der Waals surface area contributed by atoms with Crippen molar-refractivity contribution in [3.8, 4) is 0 Å². The van der Waals surface area contributed by atoms with Crippen LogP contribution in [0.3, 0.4) is 0 Å². The van der Waals surface area contributed by atoms with E-state index in [4.69, 9.17) is 0 Å². The van der Waals surface area contributed by atoms with E-state index >= 15 is 0 Å². The quantitative estimate of drug-likeness (QED) is 0.798. The van der Waals surface area contributed by atoms with E-state index in [1.807, 2.05) is 0 Å². The maximum Gasteiger partial charge on any atom is 0.406 e. The molecule has 1 amide bonds. The number of aromatic nitrogens is 4. The van der Waals surface area contributed by atoms with Crippen molar-refractivity contribution >= 4 is 5.91 Å². The van der Waals surface area contributed by atoms with Crippen LogP contribution < -0.4 is 0 Å². The van der Waals surface area contributed by atoms with Crippen LogP contribution in [0.1, 0.15) is 19.3 Å². The molecule has 0 N–H and O–H groups in total. The summed E-state index contributed by atoms with van der Waals surface area (Å²) in [5.41, 5.74) is 0. The summed E-state index contributed by atoms with van der Waals surface area (Å²) in [6.45, 7) is -1.47. The molecule has 0 radical (unpaired) electrons. The van der Waals surface area contributed by atoms with Gasteiger partial charge in [0, 0.05) is 6.04 Å². The summed E-state index contributed by atoms with van der Waals surface area (Å²) in [4.78, 5) is 12.7. The zero-order chi connectivity index (χ0) is 13.2. The highest BCUT2D eigenvalue weighted by atomic mass is 19.4. The van der Waals surface area contributed by atoms with Gasteiger partial charge in [0.1, 0.15) is 19.4 Å². The molecule has 9 heteroatoms. The second kappa shape index (κ2) is 4.91. The van der Waals surface area contributed by atoms with E-state index in [-0.39, 0.29) is 12.6 Å². The summed E-state index contributed by atoms with van der Waals surface area (Å²) < 4.78 is 38.4. The number of amides is 1. The van der Waals surface area contributed by atoms with Gasteiger partial charge in [0.2, 0.25) is 5.91 Å². The normalized spacial score (nSPS) is 16.4. The van der Waals surface area contributed by atoms with Gasteiger partial charge in [-0.3, -0.25) is 4.79 Å². The Kier molecular flexibility index (Phi) is 3.48. The van der Waals surface area contributed by atoms with Gasteiger partial charge in [-0.25, -0.2) is 4.68 Å². The molecule has 1 aliphatic carbocycles. The third-order valence-corrected chi connectivity index (χ3v) is 2.87. The molecule has 0 aliphatic heterocycles. The van der Waals surface area contributed by atoms with Crippen LogP contribution in [0.2, 0.25) is 0 Å². The minimum atomic E-state index is -4.38. The Balaban J connectivity index is 2.01. The molecule has 0 saturated heterocycles. The first-order chi connectivity index (χ1) is 8.46. The van der Waals surface area contributed by atoms with Gasteiger partial charge in [-0.05, 0) is 29.7 Å². The van der Waals surface area contributed by atoms with Crippen LogP contribution in [0.25, 0.3) is 0 Å². The summed E-state index contributed by atoms with van der Waals surface area (Å²) >= 11 is 0. The standard InChI is InChI=1S/C9H12F3N5O/c10-9(11,12)5-17(7-2-1-3-7)8(18)4-16-6-13-14-15-16/h6-7H,1-5H2. The molecule has 2 rings (SSSR count). The van der Waals surface area contributed by atoms with Crippen molar-refractivity contribution < 1.29 is 18.0 Å². The van der Waals surface area contributed by atoms with E-state index in [1.54, 1.807) is 0 Å². The lowest BCUT2D eigenvalue weighted by atomic mass is 9.91. The van der Waals surface area contributed by atoms with Gasteiger partial charge >= 0.3 is 6.18 Å². The van der Waals surface area contributed by atoms with Crippen LogP contribution in [-0.4, -0.2) is 49.8 Å². The largest absolute Gasteiger partial charge is 0.406 e. The highest BCUT2D eigenvalue weighted by Gasteiger charge is 2.38. The monoisotopic (exact) mass is 263 g/mol. The number of carbonyl (C=O) groups excluding carboxylic acids is 1. The number of hydrogen-bond donors (Lipinski definition) is 0. The summed E-state index contributed by atoms with van der Waals surface area (Å²) in [6, 6.07) is -0.310. The van der Waals surface area contributed by atoms with E-state index < -0.39 is 18.6 Å². The molecule has 100 valence electrons. The minimum absolute atomic E-state index is 0.264. The Morgan fingerprint density at radius 3 is 2.61 bits per heavy atom. The second-order valence-corrected chi connectivity index (χ2v) is 4.23. The molecule has 6 nitrogen and oxygen atoms in total. The zero-order valence-corrected chi connectivity index (χ0v) is 9.47. The SMILES string of the molecule is O=C(Cn1cnnn1)N(CC(F)(F)F)C1CCC1. The van der Waals surface area contributed by atoms with Gasteiger partial charge < -0.3 is 4.90 Å². The predicted molar refractivity (Wildman–Crippen MR) is 53.2 cm³/mol. The van der Waals surface area contributed by atoms with Crippen LogP contribution in [0.4, 0.5) is 13.2 Å². The maximum atomic E-state index is 12.4. The molecule has 1 aromatic rings. The van der Waals surface area contributed by atoms with Crippen molar-refractivity contribution in [3.63, 3.8) is 0 Å². The van der Waals surface area contributed by atoms with Crippen molar-refractivity contribution in [2.75, 3.05) is 6.54 Å². The van der Waals surface area contributed by atoms with Gasteiger partial charge in [-0.1, -0.05) is 0 Å². The Hall–Kier alpha value is -1.67. The van der Waals surface area contributed by atoms with Crippen LogP contribution in [0.15, 0.2) is 6.33 Å². The average molecular weight is 263 g/mol. The number of nitrogens with zero attached hydrogens (tertiary/aromatic N) is 5. The first kappa shape index (κ1) is 12.8. The molecule has 0 bridgehead atoms. The predicted octanol–water partition coefficient (Wildman–Crippen LogP) is 0.616. The Bertz CT molecular complexity index is 401. The molecule has 1 fully saturated rings. The second-order valence-electron chi connectivity index (χ2n) is 4.23. The number of rotatable bonds is 4. The van der Waals surface area contributed by atoms with Crippen molar-refractivity contribution in [1.29, 1.82) is 0 Å². The van der Waals surface area contributed by atoms with E-state index in [0.29, 0.717) is 12.8 Å². The van der Waals surface area contributed by atoms with Crippen LogP contribution >= 0.6 is 0 Å². The summed E-state index contributed by atoms with van der Waals surface area (Å²) in [5, 5.41) is 10.1. The molecule has 0 atom stereocenters. The molecule has 0 unspecified atom stereocenters. The smallest absolute Gasteiger partial charge is 0.329 e. The topological polar surface area (TPSA) is 63.9 Å². The first-order valence-electron chi connectivity index (χ1n) is 5.53. The lowest BCUT2D eigenvalue weighted by Crippen LogP contribution is -2.49. The Morgan fingerprint density at radius 2 is 2.17 bits per heavy atom. The number of hydrogen-bond acceptors (Lipinski definition) is 4. The summed E-state index contributed by atoms with van der Waals surface area (Å²) in [5.74, 6) is -0.607. The van der Waals surface area contributed by atoms with E-state index in [9.17, 15) is 18.0 Å². The Morgan fingerprint density at radius 1 is 1.44 bits per heavy atom. The lowest BCUT2D eigenvalue weighted by Gasteiger charge is -2.37. The van der Waals surface area contributed by atoms with E-state index in [2.05, 4.69) is 15.5 Å². The van der Waals surface area contributed by atoms with E-state index in [1.165, 1.54) is 6.33 Å². The molecule has 1 aromatic heterocycles. The number of halogens is 3. The first-order valence-corrected chi connectivity index (χ1v) is 5.53. The third kappa shape index (κ3) is 3.17. The molecule has 0 spiro atoms. The lowest BCUT2D eigenvalue weighted by molar-refractivity contribution is -0.169. The van der Waals surface area contributed by atoms with Crippen LogP contribution in [0.5, 0.6) is 0 Å². The van der Waals surface area contributed by atoms with Gasteiger partial charge in [0.15, 0.2) is 0 Å². The Labute approximate surface area is 101 Å². The molecular formula is C9H12F3N5O. The average Bonchev–Trinajstić information content (AvgIpc) is 2.64. The summed E-state index contributed by atoms with van der Waals surface area (Å²) in [6.07, 6.45) is -1.08. The number of alkyl halides is 3. The van der Waals surface area contributed by atoms with Gasteiger partial charge in [-0.2, -0.15) is 13.2 Å². The van der Waals surface area contributed by atoms with Crippen LogP contribution in [0, 0.1) is 0 Å². The van der Waals surface area contributed by atoms with Gasteiger partial charge in [-0.15, -0.1) is 5.10 Å². The maximum absolute atomic E-state index is 12.4. The van der Waals surface area contributed by atoms with Crippen molar-refractivity contribution in [2.45, 2.75) is 38.0 Å². The van der Waals surface area contributed by atoms with Crippen molar-refractivity contribution in [2.24, 2.45) is 0 Å². The molecule has 1 aliphatic rings. The molecule has 1 saturated carbocycles. The highest BCUT2D eigenvalue weighted by molar-refractivity contribution is 5.76. The molecular weight excluding hydrogens is 251 g/mol. The third-order valence-electron chi connectivity index (χ3n) is 2.87. The fourth-order valence-electron chi connectivity index (χ4n) is 1.79. The molecule has 18 heavy (non-hydrogen) atoms. The number of tetrazole rings is 1. The summed E-state index contributed by atoms with van der Waals surface area (Å²) in [7, 11) is 0. The minimum Gasteiger partial charge on any atom is -0.329 e. The van der Waals surface area contributed by atoms with Crippen LogP contribution in [-0.2, 0) is 11.3 Å². The zero-order valence-electron chi connectivity index (χ0n) is 9.47. The van der Waals surface area contributed by atoms with Crippen molar-refractivity contribution in [3.05, 3.63) is 6.33 Å². The number of carbonyl (C=O) groups is 1. The molecule has 0 aromatic carbocycles. The van der Waals surface area contributed by atoms with Gasteiger partial charge in [0.05, 0.1) is 0 Å². The van der Waals surface area contributed by atoms with Crippen molar-refractivity contribution in [1.82, 2.24) is 25.1 Å². The highest BCUT2D eigenvalue weighted by Crippen LogP contribution is 2.28. The fourth-order valence-corrected chi connectivity index (χ4v) is 1.79. The fraction of sp³-hybridized carbons (Fsp3) is 0.778. The van der Waals surface area contributed by atoms with Gasteiger partial charge in [0.25, 0.3) is 0 Å². The van der Waals surface area contributed by atoms with E-state index in [0.717, 1.165) is 16.0 Å².